The molecule has 0 atom stereocenters. The van der Waals surface area contributed by atoms with Crippen LogP contribution in [0.1, 0.15) is 51.5 Å². The number of hydrogen-bond acceptors (Lipinski definition) is 4. The number of carbonyl (C=O) groups excluding carboxylic acids is 1. The number of halogens is 3. The fourth-order valence-electron chi connectivity index (χ4n) is 4.44. The van der Waals surface area contributed by atoms with Crippen molar-refractivity contribution in [2.24, 2.45) is 5.92 Å². The van der Waals surface area contributed by atoms with Gasteiger partial charge >= 0.3 is 5.97 Å². The van der Waals surface area contributed by atoms with E-state index in [0.29, 0.717) is 6.54 Å². The maximum Gasteiger partial charge on any atom is 0.341 e. The lowest BCUT2D eigenvalue weighted by molar-refractivity contribution is -0.139. The van der Waals surface area contributed by atoms with E-state index in [2.05, 4.69) is 5.32 Å². The quantitative estimate of drug-likeness (QED) is 0.455. The summed E-state index contributed by atoms with van der Waals surface area (Å²) in [6.45, 7) is 3.89. The van der Waals surface area contributed by atoms with E-state index in [9.17, 15) is 18.4 Å². The Bertz CT molecular complexity index is 1060. The summed E-state index contributed by atoms with van der Waals surface area (Å²) < 4.78 is 48.4. The number of aliphatic carboxylic acids is 1. The van der Waals surface area contributed by atoms with Gasteiger partial charge in [0.2, 0.25) is 5.91 Å². The topological polar surface area (TPSA) is 78.9 Å². The van der Waals surface area contributed by atoms with Crippen LogP contribution < -0.4 is 15.0 Å². The Morgan fingerprint density at radius 2 is 1.80 bits per heavy atom. The van der Waals surface area contributed by atoms with Gasteiger partial charge in [-0.05, 0) is 37.0 Å². The molecule has 0 aliphatic heterocycles. The van der Waals surface area contributed by atoms with Crippen molar-refractivity contribution in [1.82, 2.24) is 0 Å². The van der Waals surface area contributed by atoms with Crippen LogP contribution in [0, 0.1) is 23.4 Å². The van der Waals surface area contributed by atoms with E-state index in [1.165, 1.54) is 6.07 Å². The predicted molar refractivity (Wildman–Crippen MR) is 127 cm³/mol. The van der Waals surface area contributed by atoms with Gasteiger partial charge in [-0.3, -0.25) is 4.79 Å². The van der Waals surface area contributed by atoms with Crippen LogP contribution in [0.2, 0.25) is 0 Å². The van der Waals surface area contributed by atoms with E-state index in [-0.39, 0.29) is 34.6 Å². The summed E-state index contributed by atoms with van der Waals surface area (Å²) in [4.78, 5) is 25.7. The van der Waals surface area contributed by atoms with Gasteiger partial charge in [-0.2, -0.15) is 0 Å². The van der Waals surface area contributed by atoms with E-state index in [4.69, 9.17) is 9.84 Å². The molecule has 2 aromatic carbocycles. The highest BCUT2D eigenvalue weighted by atomic mass is 19.1. The molecule has 1 aliphatic rings. The number of carbonyl (C=O) groups is 2. The second-order valence-electron chi connectivity index (χ2n) is 9.28. The molecule has 1 amide bonds. The maximum absolute atomic E-state index is 15.6. The highest BCUT2D eigenvalue weighted by molar-refractivity contribution is 5.96. The van der Waals surface area contributed by atoms with E-state index in [1.807, 2.05) is 18.7 Å². The second-order valence-corrected chi connectivity index (χ2v) is 9.28. The Morgan fingerprint density at radius 3 is 2.46 bits per heavy atom. The normalized spacial score (nSPS) is 14.1. The second kappa shape index (κ2) is 12.0. The lowest BCUT2D eigenvalue weighted by Crippen LogP contribution is -2.40. The molecular weight excluding hydrogens is 461 g/mol. The van der Waals surface area contributed by atoms with Gasteiger partial charge < -0.3 is 20.1 Å². The first-order valence-corrected chi connectivity index (χ1v) is 11.8. The number of carboxylic acid groups (broad SMARTS) is 1. The van der Waals surface area contributed by atoms with Crippen molar-refractivity contribution in [2.75, 3.05) is 23.4 Å². The molecule has 35 heavy (non-hydrogen) atoms. The van der Waals surface area contributed by atoms with Crippen LogP contribution >= 0.6 is 0 Å². The van der Waals surface area contributed by atoms with Gasteiger partial charge in [0.1, 0.15) is 17.4 Å². The minimum Gasteiger partial charge on any atom is -0.482 e. The first-order valence-electron chi connectivity index (χ1n) is 11.8. The molecule has 0 aromatic heterocycles. The summed E-state index contributed by atoms with van der Waals surface area (Å²) in [5, 5.41) is 11.6. The SMILES string of the molecule is CC(C)CN(c1c(F)cc(OCC(=O)O)cc1NC(=O)Cc1cc(F)ccc1F)C1CCCCC1. The highest BCUT2D eigenvalue weighted by Gasteiger charge is 2.28. The Hall–Kier alpha value is -3.23. The number of hydrogen-bond donors (Lipinski definition) is 2. The van der Waals surface area contributed by atoms with Gasteiger partial charge in [-0.25, -0.2) is 18.0 Å². The molecular formula is C26H31F3N2O4. The Balaban J connectivity index is 1.98. The zero-order valence-electron chi connectivity index (χ0n) is 20.0. The van der Waals surface area contributed by atoms with Crippen molar-refractivity contribution in [2.45, 2.75) is 58.4 Å². The fraction of sp³-hybridized carbons (Fsp3) is 0.462. The monoisotopic (exact) mass is 492 g/mol. The average Bonchev–Trinajstić information content (AvgIpc) is 2.79. The van der Waals surface area contributed by atoms with Gasteiger partial charge in [-0.1, -0.05) is 33.1 Å². The van der Waals surface area contributed by atoms with E-state index >= 15 is 4.39 Å². The smallest absolute Gasteiger partial charge is 0.341 e. The third-order valence-corrected chi connectivity index (χ3v) is 5.90. The van der Waals surface area contributed by atoms with Crippen LogP contribution in [-0.4, -0.2) is 36.2 Å². The van der Waals surface area contributed by atoms with Crippen molar-refractivity contribution in [3.8, 4) is 5.75 Å². The summed E-state index contributed by atoms with van der Waals surface area (Å²) in [6.07, 6.45) is 4.44. The number of nitrogens with zero attached hydrogens (tertiary/aromatic N) is 1. The van der Waals surface area contributed by atoms with Gasteiger partial charge in [0.05, 0.1) is 17.8 Å². The summed E-state index contributed by atoms with van der Waals surface area (Å²) in [5.74, 6) is -3.82. The molecule has 0 unspecified atom stereocenters. The van der Waals surface area contributed by atoms with Crippen molar-refractivity contribution in [3.63, 3.8) is 0 Å². The zero-order valence-corrected chi connectivity index (χ0v) is 20.0. The highest BCUT2D eigenvalue weighted by Crippen LogP contribution is 2.38. The minimum atomic E-state index is -1.23. The molecule has 2 aromatic rings. The van der Waals surface area contributed by atoms with E-state index in [0.717, 1.165) is 56.4 Å². The molecule has 0 bridgehead atoms. The first kappa shape index (κ1) is 26.4. The number of amides is 1. The van der Waals surface area contributed by atoms with Crippen molar-refractivity contribution in [3.05, 3.63) is 53.3 Å². The number of rotatable bonds is 10. The molecule has 190 valence electrons. The van der Waals surface area contributed by atoms with Crippen molar-refractivity contribution >= 4 is 23.3 Å². The molecule has 0 radical (unpaired) electrons. The van der Waals surface area contributed by atoms with Gasteiger partial charge in [-0.15, -0.1) is 0 Å². The van der Waals surface area contributed by atoms with Gasteiger partial charge in [0, 0.05) is 30.3 Å². The summed E-state index contributed by atoms with van der Waals surface area (Å²) >= 11 is 0. The summed E-state index contributed by atoms with van der Waals surface area (Å²) in [6, 6.07) is 5.39. The molecule has 1 saturated carbocycles. The third-order valence-electron chi connectivity index (χ3n) is 5.90. The van der Waals surface area contributed by atoms with Crippen LogP contribution in [0.25, 0.3) is 0 Å². The number of carboxylic acids is 1. The molecule has 2 N–H and O–H groups in total. The maximum atomic E-state index is 15.6. The Labute approximate surface area is 203 Å². The number of benzene rings is 2. The van der Waals surface area contributed by atoms with Crippen LogP contribution in [0.3, 0.4) is 0 Å². The number of anilines is 2. The number of ether oxygens (including phenoxy) is 1. The molecule has 6 nitrogen and oxygen atoms in total. The van der Waals surface area contributed by atoms with E-state index < -0.39 is 42.4 Å². The first-order chi connectivity index (χ1) is 16.6. The fourth-order valence-corrected chi connectivity index (χ4v) is 4.44. The standard InChI is InChI=1S/C26H31F3N2O4/c1-16(2)14-31(19-6-4-3-5-7-19)26-22(29)12-20(35-15-25(33)34)13-23(26)30-24(32)11-17-10-18(27)8-9-21(17)28/h8-10,12-13,16,19H,3-7,11,14-15H2,1-2H3,(H,30,32)(H,33,34). The van der Waals surface area contributed by atoms with Crippen molar-refractivity contribution in [1.29, 1.82) is 0 Å². The van der Waals surface area contributed by atoms with E-state index in [1.54, 1.807) is 0 Å². The molecule has 3 rings (SSSR count). The number of nitrogens with one attached hydrogen (secondary N) is 1. The lowest BCUT2D eigenvalue weighted by atomic mass is 9.92. The van der Waals surface area contributed by atoms with Crippen LogP contribution in [-0.2, 0) is 16.0 Å². The average molecular weight is 493 g/mol. The third kappa shape index (κ3) is 7.37. The predicted octanol–water partition coefficient (Wildman–Crippen LogP) is 5.54. The Morgan fingerprint density at radius 1 is 1.09 bits per heavy atom. The molecule has 1 fully saturated rings. The van der Waals surface area contributed by atoms with Crippen LogP contribution in [0.4, 0.5) is 24.5 Å². The molecule has 0 heterocycles. The molecule has 1 aliphatic carbocycles. The molecule has 0 spiro atoms. The van der Waals surface area contributed by atoms with Crippen LogP contribution in [0.15, 0.2) is 30.3 Å². The Kier molecular flexibility index (Phi) is 9.01. The minimum absolute atomic E-state index is 0.0611. The summed E-state index contributed by atoms with van der Waals surface area (Å²) in [7, 11) is 0. The largest absolute Gasteiger partial charge is 0.482 e. The molecule has 0 saturated heterocycles. The van der Waals surface area contributed by atoms with Crippen molar-refractivity contribution < 1.29 is 32.6 Å². The van der Waals surface area contributed by atoms with Gasteiger partial charge in [0.15, 0.2) is 12.4 Å². The summed E-state index contributed by atoms with van der Waals surface area (Å²) in [5.41, 5.74) is 0.147. The van der Waals surface area contributed by atoms with Gasteiger partial charge in [0.25, 0.3) is 0 Å². The lowest BCUT2D eigenvalue weighted by Gasteiger charge is -2.38. The molecule has 9 heteroatoms. The van der Waals surface area contributed by atoms with Crippen LogP contribution in [0.5, 0.6) is 5.75 Å². The zero-order chi connectivity index (χ0) is 25.5.